The summed E-state index contributed by atoms with van der Waals surface area (Å²) in [5.41, 5.74) is 0.464. The van der Waals surface area contributed by atoms with Gasteiger partial charge in [0.2, 0.25) is 5.91 Å². The number of aliphatic carboxylic acids is 1. The SMILES string of the molecule is CC(CNC(=O)C(C)NC(=O)c1ccccc1)C(=O)O. The number of hydrogen-bond acceptors (Lipinski definition) is 3. The molecule has 6 nitrogen and oxygen atoms in total. The van der Waals surface area contributed by atoms with E-state index in [1.54, 1.807) is 37.3 Å². The van der Waals surface area contributed by atoms with Gasteiger partial charge in [-0.3, -0.25) is 14.4 Å². The third kappa shape index (κ3) is 4.72. The van der Waals surface area contributed by atoms with Crippen LogP contribution in [0.5, 0.6) is 0 Å². The van der Waals surface area contributed by atoms with Crippen molar-refractivity contribution in [1.82, 2.24) is 10.6 Å². The van der Waals surface area contributed by atoms with Gasteiger partial charge < -0.3 is 15.7 Å². The summed E-state index contributed by atoms with van der Waals surface area (Å²) in [4.78, 5) is 34.2. The summed E-state index contributed by atoms with van der Waals surface area (Å²) >= 11 is 0. The Kier molecular flexibility index (Phi) is 5.71. The molecule has 0 saturated carbocycles. The van der Waals surface area contributed by atoms with Crippen molar-refractivity contribution in [3.8, 4) is 0 Å². The molecule has 0 radical (unpaired) electrons. The zero-order valence-corrected chi connectivity index (χ0v) is 11.4. The molecule has 2 atom stereocenters. The summed E-state index contributed by atoms with van der Waals surface area (Å²) in [6.07, 6.45) is 0. The molecule has 1 aromatic rings. The molecule has 108 valence electrons. The summed E-state index contributed by atoms with van der Waals surface area (Å²) in [5.74, 6) is -2.41. The van der Waals surface area contributed by atoms with E-state index >= 15 is 0 Å². The van der Waals surface area contributed by atoms with E-state index in [4.69, 9.17) is 5.11 Å². The van der Waals surface area contributed by atoms with Crippen molar-refractivity contribution in [3.63, 3.8) is 0 Å². The van der Waals surface area contributed by atoms with Gasteiger partial charge in [0.1, 0.15) is 6.04 Å². The Morgan fingerprint density at radius 1 is 1.15 bits per heavy atom. The molecule has 0 aromatic heterocycles. The van der Waals surface area contributed by atoms with Crippen molar-refractivity contribution >= 4 is 17.8 Å². The predicted molar refractivity (Wildman–Crippen MR) is 73.2 cm³/mol. The molecule has 0 aliphatic rings. The summed E-state index contributed by atoms with van der Waals surface area (Å²) in [6, 6.07) is 7.81. The van der Waals surface area contributed by atoms with Crippen molar-refractivity contribution in [1.29, 1.82) is 0 Å². The Bertz CT molecular complexity index is 487. The Balaban J connectivity index is 2.46. The number of carboxylic acid groups (broad SMARTS) is 1. The molecule has 20 heavy (non-hydrogen) atoms. The van der Waals surface area contributed by atoms with Crippen LogP contribution in [0.4, 0.5) is 0 Å². The van der Waals surface area contributed by atoms with Crippen LogP contribution in [0.2, 0.25) is 0 Å². The number of nitrogens with one attached hydrogen (secondary N) is 2. The minimum Gasteiger partial charge on any atom is -0.481 e. The Morgan fingerprint density at radius 3 is 2.30 bits per heavy atom. The third-order valence-electron chi connectivity index (χ3n) is 2.78. The number of carbonyl (C=O) groups is 3. The van der Waals surface area contributed by atoms with Gasteiger partial charge in [-0.05, 0) is 19.1 Å². The smallest absolute Gasteiger partial charge is 0.308 e. The van der Waals surface area contributed by atoms with E-state index in [2.05, 4.69) is 10.6 Å². The number of rotatable bonds is 6. The molecule has 3 N–H and O–H groups in total. The van der Waals surface area contributed by atoms with E-state index in [0.717, 1.165) is 0 Å². The van der Waals surface area contributed by atoms with Gasteiger partial charge in [0.05, 0.1) is 5.92 Å². The van der Waals surface area contributed by atoms with Crippen molar-refractivity contribution < 1.29 is 19.5 Å². The van der Waals surface area contributed by atoms with Crippen LogP contribution >= 0.6 is 0 Å². The van der Waals surface area contributed by atoms with Gasteiger partial charge in [0.15, 0.2) is 0 Å². The minimum atomic E-state index is -0.980. The Hall–Kier alpha value is -2.37. The largest absolute Gasteiger partial charge is 0.481 e. The van der Waals surface area contributed by atoms with Crippen molar-refractivity contribution in [2.75, 3.05) is 6.54 Å². The van der Waals surface area contributed by atoms with E-state index in [0.29, 0.717) is 5.56 Å². The van der Waals surface area contributed by atoms with Crippen molar-refractivity contribution in [2.24, 2.45) is 5.92 Å². The summed E-state index contributed by atoms with van der Waals surface area (Å²) in [7, 11) is 0. The van der Waals surface area contributed by atoms with E-state index < -0.39 is 23.8 Å². The van der Waals surface area contributed by atoms with Crippen LogP contribution < -0.4 is 10.6 Å². The molecule has 1 aromatic carbocycles. The van der Waals surface area contributed by atoms with Gasteiger partial charge in [-0.15, -0.1) is 0 Å². The fourth-order valence-corrected chi connectivity index (χ4v) is 1.43. The molecule has 0 aliphatic heterocycles. The molecular weight excluding hydrogens is 260 g/mol. The summed E-state index contributed by atoms with van der Waals surface area (Å²) in [6.45, 7) is 3.07. The zero-order valence-electron chi connectivity index (χ0n) is 11.4. The summed E-state index contributed by atoms with van der Waals surface area (Å²) < 4.78 is 0. The molecule has 2 unspecified atom stereocenters. The lowest BCUT2D eigenvalue weighted by Gasteiger charge is -2.15. The maximum atomic E-state index is 11.8. The first kappa shape index (κ1) is 15.7. The first-order valence-corrected chi connectivity index (χ1v) is 6.28. The second-order valence-electron chi connectivity index (χ2n) is 4.55. The highest BCUT2D eigenvalue weighted by Gasteiger charge is 2.18. The van der Waals surface area contributed by atoms with Gasteiger partial charge in [0, 0.05) is 12.1 Å². The molecule has 0 saturated heterocycles. The molecule has 0 aliphatic carbocycles. The highest BCUT2D eigenvalue weighted by atomic mass is 16.4. The van der Waals surface area contributed by atoms with Crippen LogP contribution in [-0.2, 0) is 9.59 Å². The third-order valence-corrected chi connectivity index (χ3v) is 2.78. The zero-order chi connectivity index (χ0) is 15.1. The molecule has 1 rings (SSSR count). The van der Waals surface area contributed by atoms with Crippen LogP contribution in [0, 0.1) is 5.92 Å². The highest BCUT2D eigenvalue weighted by Crippen LogP contribution is 1.99. The Morgan fingerprint density at radius 2 is 1.75 bits per heavy atom. The lowest BCUT2D eigenvalue weighted by Crippen LogP contribution is -2.46. The molecule has 0 spiro atoms. The van der Waals surface area contributed by atoms with Crippen molar-refractivity contribution in [3.05, 3.63) is 35.9 Å². The van der Waals surface area contributed by atoms with Crippen LogP contribution in [0.1, 0.15) is 24.2 Å². The summed E-state index contributed by atoms with van der Waals surface area (Å²) in [5, 5.41) is 13.7. The van der Waals surface area contributed by atoms with Gasteiger partial charge in [-0.25, -0.2) is 0 Å². The van der Waals surface area contributed by atoms with E-state index in [1.165, 1.54) is 6.92 Å². The Labute approximate surface area is 117 Å². The van der Waals surface area contributed by atoms with E-state index in [-0.39, 0.29) is 12.5 Å². The molecule has 6 heteroatoms. The second kappa shape index (κ2) is 7.28. The number of hydrogen-bond donors (Lipinski definition) is 3. The quantitative estimate of drug-likeness (QED) is 0.711. The fourth-order valence-electron chi connectivity index (χ4n) is 1.43. The fraction of sp³-hybridized carbons (Fsp3) is 0.357. The van der Waals surface area contributed by atoms with Crippen LogP contribution in [-0.4, -0.2) is 35.5 Å². The maximum Gasteiger partial charge on any atom is 0.308 e. The predicted octanol–water partition coefficient (Wildman–Crippen LogP) is 0.642. The highest BCUT2D eigenvalue weighted by molar-refractivity contribution is 5.97. The molecule has 0 bridgehead atoms. The van der Waals surface area contributed by atoms with Crippen LogP contribution in [0.3, 0.4) is 0 Å². The lowest BCUT2D eigenvalue weighted by molar-refractivity contribution is -0.141. The van der Waals surface area contributed by atoms with E-state index in [9.17, 15) is 14.4 Å². The number of carboxylic acids is 1. The average molecular weight is 278 g/mol. The second-order valence-corrected chi connectivity index (χ2v) is 4.55. The van der Waals surface area contributed by atoms with E-state index in [1.807, 2.05) is 0 Å². The van der Waals surface area contributed by atoms with Crippen molar-refractivity contribution in [2.45, 2.75) is 19.9 Å². The number of amides is 2. The lowest BCUT2D eigenvalue weighted by atomic mass is 10.1. The monoisotopic (exact) mass is 278 g/mol. The minimum absolute atomic E-state index is 0.0275. The van der Waals surface area contributed by atoms with Gasteiger partial charge in [0.25, 0.3) is 5.91 Å². The standard InChI is InChI=1S/C14H18N2O4/c1-9(14(19)20)8-15-12(17)10(2)16-13(18)11-6-4-3-5-7-11/h3-7,9-10H,8H2,1-2H3,(H,15,17)(H,16,18)(H,19,20). The molecular formula is C14H18N2O4. The molecule has 2 amide bonds. The van der Waals surface area contributed by atoms with Crippen LogP contribution in [0.25, 0.3) is 0 Å². The maximum absolute atomic E-state index is 11.8. The van der Waals surface area contributed by atoms with Crippen LogP contribution in [0.15, 0.2) is 30.3 Å². The topological polar surface area (TPSA) is 95.5 Å². The average Bonchev–Trinajstić information content (AvgIpc) is 2.44. The molecule has 0 fully saturated rings. The first-order valence-electron chi connectivity index (χ1n) is 6.28. The number of benzene rings is 1. The normalized spacial score (nSPS) is 13.1. The van der Waals surface area contributed by atoms with Gasteiger partial charge in [-0.2, -0.15) is 0 Å². The van der Waals surface area contributed by atoms with Gasteiger partial charge in [-0.1, -0.05) is 25.1 Å². The molecule has 0 heterocycles. The first-order chi connectivity index (χ1) is 9.41. The van der Waals surface area contributed by atoms with Gasteiger partial charge >= 0.3 is 5.97 Å². The number of carbonyl (C=O) groups excluding carboxylic acids is 2.